The third-order valence-corrected chi connectivity index (χ3v) is 5.53. The number of hydrogen-bond acceptors (Lipinski definition) is 6. The van der Waals surface area contributed by atoms with Crippen LogP contribution in [0.15, 0.2) is 28.9 Å². The smallest absolute Gasteiger partial charge is 0.228 e. The maximum atomic E-state index is 13.1. The van der Waals surface area contributed by atoms with Crippen LogP contribution in [-0.4, -0.2) is 40.3 Å². The molecule has 0 aromatic carbocycles. The van der Waals surface area contributed by atoms with E-state index in [0.717, 1.165) is 25.7 Å². The number of oxazole rings is 1. The third-order valence-electron chi connectivity index (χ3n) is 5.53. The largest absolute Gasteiger partial charge is 0.439 e. The fraction of sp³-hybridized carbons (Fsp3) is 0.455. The minimum Gasteiger partial charge on any atom is -0.439 e. The molecule has 3 aromatic heterocycles. The van der Waals surface area contributed by atoms with Gasteiger partial charge >= 0.3 is 0 Å². The Hall–Kier alpha value is -3.10. The Labute approximate surface area is 178 Å². The van der Waals surface area contributed by atoms with E-state index in [1.165, 1.54) is 6.42 Å². The van der Waals surface area contributed by atoms with Crippen molar-refractivity contribution >= 4 is 28.3 Å². The Bertz CT molecular complexity index is 1060. The molecule has 1 aliphatic rings. The first-order valence-corrected chi connectivity index (χ1v) is 10.5. The zero-order chi connectivity index (χ0) is 21.8. The maximum Gasteiger partial charge on any atom is 0.228 e. The summed E-state index contributed by atoms with van der Waals surface area (Å²) in [5.74, 6) is 1.26. The normalized spacial score (nSPS) is 14.8. The molecule has 164 valence electrons. The number of hydrogen-bond donors (Lipinski definition) is 2. The van der Waals surface area contributed by atoms with Gasteiger partial charge in [0.05, 0.1) is 17.8 Å². The van der Waals surface area contributed by atoms with Crippen LogP contribution in [0.1, 0.15) is 38.0 Å². The second-order valence-corrected chi connectivity index (χ2v) is 7.86. The molecule has 0 spiro atoms. The molecular weight excluding hydrogens is 404 g/mol. The van der Waals surface area contributed by atoms with E-state index in [2.05, 4.69) is 25.6 Å². The van der Waals surface area contributed by atoms with Crippen LogP contribution in [0.5, 0.6) is 0 Å². The Kier molecular flexibility index (Phi) is 6.39. The predicted octanol–water partition coefficient (Wildman–Crippen LogP) is 4.83. The number of carbonyl (C=O) groups is 1. The first-order chi connectivity index (χ1) is 15.1. The number of pyridine rings is 2. The molecule has 0 aliphatic heterocycles. The maximum absolute atomic E-state index is 13.1. The molecule has 0 unspecified atom stereocenters. The Balaban J connectivity index is 1.69. The summed E-state index contributed by atoms with van der Waals surface area (Å²) in [5, 5.41) is 6.34. The summed E-state index contributed by atoms with van der Waals surface area (Å²) >= 11 is 0. The topological polar surface area (TPSA) is 92.9 Å². The van der Waals surface area contributed by atoms with E-state index in [1.54, 1.807) is 31.5 Å². The molecule has 2 N–H and O–H groups in total. The van der Waals surface area contributed by atoms with E-state index in [-0.39, 0.29) is 11.8 Å². The van der Waals surface area contributed by atoms with Gasteiger partial charge in [0.1, 0.15) is 24.9 Å². The lowest BCUT2D eigenvalue weighted by molar-refractivity contribution is -0.120. The van der Waals surface area contributed by atoms with Gasteiger partial charge in [-0.15, -0.1) is 0 Å². The monoisotopic (exact) mass is 429 g/mol. The molecule has 31 heavy (non-hydrogen) atoms. The van der Waals surface area contributed by atoms with Gasteiger partial charge in [0, 0.05) is 36.2 Å². The number of aromatic nitrogens is 3. The number of nitrogens with one attached hydrogen (secondary N) is 2. The van der Waals surface area contributed by atoms with Gasteiger partial charge in [0.25, 0.3) is 0 Å². The summed E-state index contributed by atoms with van der Waals surface area (Å²) in [4.78, 5) is 25.6. The van der Waals surface area contributed by atoms with Crippen LogP contribution < -0.4 is 10.6 Å². The number of amides is 1. The highest BCUT2D eigenvalue weighted by molar-refractivity contribution is 5.97. The van der Waals surface area contributed by atoms with Crippen molar-refractivity contribution in [1.82, 2.24) is 15.0 Å². The molecule has 4 rings (SSSR count). The average molecular weight is 429 g/mol. The lowest BCUT2D eigenvalue weighted by atomic mass is 9.89. The summed E-state index contributed by atoms with van der Waals surface area (Å²) in [6, 6.07) is 2.33. The average Bonchev–Trinajstić information content (AvgIpc) is 3.23. The summed E-state index contributed by atoms with van der Waals surface area (Å²) in [5.41, 5.74) is 1.45. The van der Waals surface area contributed by atoms with Crippen molar-refractivity contribution < 1.29 is 18.0 Å². The zero-order valence-corrected chi connectivity index (χ0v) is 17.3. The van der Waals surface area contributed by atoms with Crippen molar-refractivity contribution in [1.29, 1.82) is 0 Å². The molecule has 0 atom stereocenters. The molecule has 3 aromatic rings. The van der Waals surface area contributed by atoms with Crippen LogP contribution in [-0.2, 0) is 4.79 Å². The quantitative estimate of drug-likeness (QED) is 0.559. The van der Waals surface area contributed by atoms with Crippen molar-refractivity contribution in [2.24, 2.45) is 5.92 Å². The van der Waals surface area contributed by atoms with Gasteiger partial charge in [0.2, 0.25) is 5.91 Å². The van der Waals surface area contributed by atoms with Gasteiger partial charge < -0.3 is 15.1 Å². The van der Waals surface area contributed by atoms with E-state index < -0.39 is 19.4 Å². The van der Waals surface area contributed by atoms with Crippen molar-refractivity contribution in [2.45, 2.75) is 45.1 Å². The lowest BCUT2D eigenvalue weighted by Crippen LogP contribution is -2.25. The number of nitrogens with zero attached hydrogens (tertiary/aromatic N) is 3. The van der Waals surface area contributed by atoms with Crippen molar-refractivity contribution in [3.05, 3.63) is 30.4 Å². The molecule has 7 nitrogen and oxygen atoms in total. The molecule has 1 fully saturated rings. The lowest BCUT2D eigenvalue weighted by Gasteiger charge is -2.20. The number of anilines is 2. The molecule has 9 heteroatoms. The van der Waals surface area contributed by atoms with E-state index in [0.29, 0.717) is 39.8 Å². The van der Waals surface area contributed by atoms with Gasteiger partial charge in [-0.1, -0.05) is 19.3 Å². The summed E-state index contributed by atoms with van der Waals surface area (Å²) in [6.07, 6.45) is 8.14. The van der Waals surface area contributed by atoms with Gasteiger partial charge in [-0.05, 0) is 18.9 Å². The molecule has 0 bridgehead atoms. The van der Waals surface area contributed by atoms with Crippen LogP contribution in [0.2, 0.25) is 0 Å². The molecule has 1 amide bonds. The highest BCUT2D eigenvalue weighted by Gasteiger charge is 2.22. The Morgan fingerprint density at radius 1 is 1.16 bits per heavy atom. The first-order valence-electron chi connectivity index (χ1n) is 10.5. The number of carbonyl (C=O) groups excluding carboxylic acids is 1. The molecule has 1 saturated carbocycles. The van der Waals surface area contributed by atoms with E-state index in [1.807, 2.05) is 0 Å². The summed E-state index contributed by atoms with van der Waals surface area (Å²) in [7, 11) is 0. The van der Waals surface area contributed by atoms with Crippen LogP contribution >= 0.6 is 0 Å². The fourth-order valence-corrected chi connectivity index (χ4v) is 3.85. The standard InChI is InChI=1S/C22H25F2N5O2/c1-13-25-12-20(31-13)19-7-17(27-15(9-23)10-24)16-11-26-21(8-18(16)28-19)29-22(30)14-5-3-2-4-6-14/h7-8,11-12,14-15H,2-6,9-10H2,1H3,(H,27,28)(H,26,29,30). The Morgan fingerprint density at radius 3 is 2.61 bits per heavy atom. The number of aryl methyl sites for hydroxylation is 1. The van der Waals surface area contributed by atoms with Gasteiger partial charge in [-0.3, -0.25) is 4.79 Å². The van der Waals surface area contributed by atoms with E-state index in [4.69, 9.17) is 4.42 Å². The number of fused-ring (bicyclic) bond motifs is 1. The van der Waals surface area contributed by atoms with Crippen molar-refractivity contribution in [2.75, 3.05) is 24.0 Å². The Morgan fingerprint density at radius 2 is 1.94 bits per heavy atom. The van der Waals surface area contributed by atoms with Gasteiger partial charge in [-0.25, -0.2) is 23.7 Å². The van der Waals surface area contributed by atoms with E-state index in [9.17, 15) is 13.6 Å². The fourth-order valence-electron chi connectivity index (χ4n) is 3.85. The molecule has 0 radical (unpaired) electrons. The van der Waals surface area contributed by atoms with Gasteiger partial charge in [0.15, 0.2) is 11.7 Å². The second kappa shape index (κ2) is 9.36. The number of alkyl halides is 2. The predicted molar refractivity (Wildman–Crippen MR) is 114 cm³/mol. The van der Waals surface area contributed by atoms with Crippen LogP contribution in [0.25, 0.3) is 22.4 Å². The number of rotatable bonds is 7. The first kappa shape index (κ1) is 21.1. The van der Waals surface area contributed by atoms with Crippen molar-refractivity contribution in [3.63, 3.8) is 0 Å². The van der Waals surface area contributed by atoms with Crippen molar-refractivity contribution in [3.8, 4) is 11.5 Å². The zero-order valence-electron chi connectivity index (χ0n) is 17.3. The summed E-state index contributed by atoms with van der Waals surface area (Å²) < 4.78 is 31.9. The molecule has 1 aliphatic carbocycles. The highest BCUT2D eigenvalue weighted by Crippen LogP contribution is 2.31. The van der Waals surface area contributed by atoms with Crippen LogP contribution in [0.3, 0.4) is 0 Å². The van der Waals surface area contributed by atoms with E-state index >= 15 is 0 Å². The molecule has 0 saturated heterocycles. The third kappa shape index (κ3) is 4.81. The SMILES string of the molecule is Cc1ncc(-c2cc(NC(CF)CF)c3cnc(NC(=O)C4CCCCC4)cc3n2)o1. The highest BCUT2D eigenvalue weighted by atomic mass is 19.1. The van der Waals surface area contributed by atoms with Gasteiger partial charge in [-0.2, -0.15) is 0 Å². The van der Waals surface area contributed by atoms with Crippen LogP contribution in [0.4, 0.5) is 20.3 Å². The second-order valence-electron chi connectivity index (χ2n) is 7.86. The molecule has 3 heterocycles. The van der Waals surface area contributed by atoms with Crippen LogP contribution in [0, 0.1) is 12.8 Å². The molecular formula is C22H25F2N5O2. The minimum absolute atomic E-state index is 0.00481. The summed E-state index contributed by atoms with van der Waals surface area (Å²) in [6.45, 7) is -0.00515. The number of halogens is 2. The minimum atomic E-state index is -0.986.